The van der Waals surface area contributed by atoms with E-state index in [1.807, 2.05) is 23.2 Å². The highest BCUT2D eigenvalue weighted by Crippen LogP contribution is 2.23. The second-order valence-corrected chi connectivity index (χ2v) is 5.94. The first-order chi connectivity index (χ1) is 9.61. The Morgan fingerprint density at radius 1 is 1.25 bits per heavy atom. The molecule has 1 aromatic carbocycles. The minimum atomic E-state index is -0.193. The third-order valence-electron chi connectivity index (χ3n) is 3.47. The maximum absolute atomic E-state index is 12.2. The van der Waals surface area contributed by atoms with Crippen molar-refractivity contribution >= 4 is 32.8 Å². The first kappa shape index (κ1) is 13.6. The van der Waals surface area contributed by atoms with Gasteiger partial charge in [-0.25, -0.2) is 5.01 Å². The van der Waals surface area contributed by atoms with E-state index in [4.69, 9.17) is 4.42 Å². The van der Waals surface area contributed by atoms with E-state index in [9.17, 15) is 4.79 Å². The number of furan rings is 1. The summed E-state index contributed by atoms with van der Waals surface area (Å²) in [6.45, 7) is 3.56. The molecule has 2 heterocycles. The molecule has 5 nitrogen and oxygen atoms in total. The SMILES string of the molecule is CN1CCN(NC(=O)c2cc3ccc(Br)cc3o2)CC1. The Balaban J connectivity index is 1.72. The summed E-state index contributed by atoms with van der Waals surface area (Å²) in [5.74, 6) is 0.152. The molecule has 1 amide bonds. The number of hydrogen-bond acceptors (Lipinski definition) is 4. The van der Waals surface area contributed by atoms with Gasteiger partial charge >= 0.3 is 5.91 Å². The molecule has 106 valence electrons. The van der Waals surface area contributed by atoms with E-state index in [0.717, 1.165) is 36.0 Å². The summed E-state index contributed by atoms with van der Waals surface area (Å²) < 4.78 is 6.53. The molecule has 1 saturated heterocycles. The van der Waals surface area contributed by atoms with Crippen molar-refractivity contribution in [1.82, 2.24) is 15.3 Å². The van der Waals surface area contributed by atoms with Crippen LogP contribution in [0, 0.1) is 0 Å². The number of piperazine rings is 1. The Hall–Kier alpha value is -1.37. The van der Waals surface area contributed by atoms with Gasteiger partial charge in [0.2, 0.25) is 0 Å². The van der Waals surface area contributed by atoms with Crippen LogP contribution in [-0.2, 0) is 0 Å². The van der Waals surface area contributed by atoms with Crippen LogP contribution in [0.25, 0.3) is 11.0 Å². The topological polar surface area (TPSA) is 48.7 Å². The standard InChI is InChI=1S/C14H16BrN3O2/c1-17-4-6-18(7-5-17)16-14(19)13-8-10-2-3-11(15)9-12(10)20-13/h2-3,8-9H,4-7H2,1H3,(H,16,19). The van der Waals surface area contributed by atoms with Crippen LogP contribution >= 0.6 is 15.9 Å². The average Bonchev–Trinajstić information content (AvgIpc) is 2.84. The highest BCUT2D eigenvalue weighted by atomic mass is 79.9. The lowest BCUT2D eigenvalue weighted by molar-refractivity contribution is 0.0639. The van der Waals surface area contributed by atoms with Crippen LogP contribution < -0.4 is 5.43 Å². The predicted octanol–water partition coefficient (Wildman–Crippen LogP) is 2.09. The fourth-order valence-electron chi connectivity index (χ4n) is 2.23. The molecule has 1 aliphatic heterocycles. The van der Waals surface area contributed by atoms with Crippen molar-refractivity contribution in [1.29, 1.82) is 0 Å². The molecule has 3 rings (SSSR count). The van der Waals surface area contributed by atoms with Gasteiger partial charge in [0.1, 0.15) is 5.58 Å². The zero-order chi connectivity index (χ0) is 14.1. The van der Waals surface area contributed by atoms with E-state index >= 15 is 0 Å². The largest absolute Gasteiger partial charge is 0.451 e. The summed E-state index contributed by atoms with van der Waals surface area (Å²) in [4.78, 5) is 14.4. The number of fused-ring (bicyclic) bond motifs is 1. The molecule has 1 fully saturated rings. The lowest BCUT2D eigenvalue weighted by atomic mass is 10.2. The van der Waals surface area contributed by atoms with Crippen molar-refractivity contribution < 1.29 is 9.21 Å². The van der Waals surface area contributed by atoms with E-state index in [-0.39, 0.29) is 5.91 Å². The molecule has 0 spiro atoms. The number of nitrogens with one attached hydrogen (secondary N) is 1. The quantitative estimate of drug-likeness (QED) is 0.911. The molecule has 1 aliphatic rings. The van der Waals surface area contributed by atoms with Crippen LogP contribution in [0.15, 0.2) is 33.2 Å². The monoisotopic (exact) mass is 337 g/mol. The number of halogens is 1. The number of carbonyl (C=O) groups excluding carboxylic acids is 1. The number of hydrazine groups is 1. The zero-order valence-corrected chi connectivity index (χ0v) is 12.8. The highest BCUT2D eigenvalue weighted by Gasteiger charge is 2.18. The molecule has 0 radical (unpaired) electrons. The van der Waals surface area contributed by atoms with Crippen molar-refractivity contribution in [3.63, 3.8) is 0 Å². The minimum absolute atomic E-state index is 0.193. The van der Waals surface area contributed by atoms with E-state index in [1.165, 1.54) is 0 Å². The van der Waals surface area contributed by atoms with Gasteiger partial charge in [0.05, 0.1) is 0 Å². The van der Waals surface area contributed by atoms with Gasteiger partial charge in [-0.15, -0.1) is 0 Å². The average molecular weight is 338 g/mol. The van der Waals surface area contributed by atoms with Crippen molar-refractivity contribution in [2.24, 2.45) is 0 Å². The molecule has 0 saturated carbocycles. The van der Waals surface area contributed by atoms with E-state index in [2.05, 4.69) is 33.3 Å². The number of hydrogen-bond donors (Lipinski definition) is 1. The molecule has 6 heteroatoms. The molecule has 0 bridgehead atoms. The van der Waals surface area contributed by atoms with Gasteiger partial charge in [-0.2, -0.15) is 0 Å². The van der Waals surface area contributed by atoms with Crippen molar-refractivity contribution in [2.45, 2.75) is 0 Å². The Kier molecular flexibility index (Phi) is 3.78. The zero-order valence-electron chi connectivity index (χ0n) is 11.2. The fourth-order valence-corrected chi connectivity index (χ4v) is 2.57. The van der Waals surface area contributed by atoms with Crippen LogP contribution in [0.1, 0.15) is 10.6 Å². The van der Waals surface area contributed by atoms with E-state index in [1.54, 1.807) is 6.07 Å². The van der Waals surface area contributed by atoms with Gasteiger partial charge in [0, 0.05) is 36.0 Å². The Morgan fingerprint density at radius 2 is 2.00 bits per heavy atom. The third kappa shape index (κ3) is 2.87. The molecule has 2 aromatic rings. The van der Waals surface area contributed by atoms with Gasteiger partial charge in [0.25, 0.3) is 0 Å². The molecular formula is C14H16BrN3O2. The second-order valence-electron chi connectivity index (χ2n) is 5.02. The number of benzene rings is 1. The van der Waals surface area contributed by atoms with Crippen LogP contribution in [0.2, 0.25) is 0 Å². The summed E-state index contributed by atoms with van der Waals surface area (Å²) in [7, 11) is 2.08. The Bertz CT molecular complexity index is 632. The Morgan fingerprint density at radius 3 is 2.75 bits per heavy atom. The maximum Gasteiger partial charge on any atom is 0.301 e. The predicted molar refractivity (Wildman–Crippen MR) is 80.5 cm³/mol. The Labute approximate surface area is 125 Å². The van der Waals surface area contributed by atoms with Gasteiger partial charge in [0.15, 0.2) is 5.76 Å². The summed E-state index contributed by atoms with van der Waals surface area (Å²) >= 11 is 3.39. The lowest BCUT2D eigenvalue weighted by Gasteiger charge is -2.32. The molecule has 1 aromatic heterocycles. The molecule has 0 atom stereocenters. The van der Waals surface area contributed by atoms with Crippen LogP contribution in [0.4, 0.5) is 0 Å². The van der Waals surface area contributed by atoms with Crippen LogP contribution in [-0.4, -0.2) is 49.0 Å². The van der Waals surface area contributed by atoms with E-state index < -0.39 is 0 Å². The smallest absolute Gasteiger partial charge is 0.301 e. The van der Waals surface area contributed by atoms with Gasteiger partial charge in [-0.1, -0.05) is 15.9 Å². The highest BCUT2D eigenvalue weighted by molar-refractivity contribution is 9.10. The second kappa shape index (κ2) is 5.55. The van der Waals surface area contributed by atoms with E-state index in [0.29, 0.717) is 11.3 Å². The summed E-state index contributed by atoms with van der Waals surface area (Å²) in [6.07, 6.45) is 0. The molecule has 20 heavy (non-hydrogen) atoms. The van der Waals surface area contributed by atoms with Crippen LogP contribution in [0.5, 0.6) is 0 Å². The molecule has 0 aliphatic carbocycles. The lowest BCUT2D eigenvalue weighted by Crippen LogP contribution is -2.52. The number of carbonyl (C=O) groups is 1. The third-order valence-corrected chi connectivity index (χ3v) is 3.96. The molecular weight excluding hydrogens is 322 g/mol. The van der Waals surface area contributed by atoms with Crippen molar-refractivity contribution in [2.75, 3.05) is 33.2 Å². The van der Waals surface area contributed by atoms with Crippen molar-refractivity contribution in [3.05, 3.63) is 34.5 Å². The van der Waals surface area contributed by atoms with Gasteiger partial charge in [-0.3, -0.25) is 10.2 Å². The minimum Gasteiger partial charge on any atom is -0.451 e. The molecule has 0 unspecified atom stereocenters. The maximum atomic E-state index is 12.2. The number of likely N-dealkylation sites (N-methyl/N-ethyl adjacent to an activating group) is 1. The molecule has 1 N–H and O–H groups in total. The number of amides is 1. The van der Waals surface area contributed by atoms with Gasteiger partial charge < -0.3 is 9.32 Å². The summed E-state index contributed by atoms with van der Waals surface area (Å²) in [5.41, 5.74) is 3.60. The summed E-state index contributed by atoms with van der Waals surface area (Å²) in [5, 5.41) is 2.86. The fraction of sp³-hybridized carbons (Fsp3) is 0.357. The van der Waals surface area contributed by atoms with Crippen molar-refractivity contribution in [3.8, 4) is 0 Å². The normalized spacial score (nSPS) is 17.5. The first-order valence-corrected chi connectivity index (χ1v) is 7.35. The summed E-state index contributed by atoms with van der Waals surface area (Å²) in [6, 6.07) is 7.49. The first-order valence-electron chi connectivity index (χ1n) is 6.55. The number of rotatable bonds is 2. The van der Waals surface area contributed by atoms with Crippen LogP contribution in [0.3, 0.4) is 0 Å². The number of nitrogens with zero attached hydrogens (tertiary/aromatic N) is 2. The van der Waals surface area contributed by atoms with Gasteiger partial charge in [-0.05, 0) is 31.3 Å².